The molecule has 0 amide bonds. The number of anilines is 1. The van der Waals surface area contributed by atoms with Crippen LogP contribution in [0.4, 0.5) is 5.69 Å². The predicted octanol–water partition coefficient (Wildman–Crippen LogP) is 13.7. The lowest BCUT2D eigenvalue weighted by molar-refractivity contribution is 0.270. The molecule has 8 aromatic carbocycles. The fourth-order valence-corrected chi connectivity index (χ4v) is 10.3. The van der Waals surface area contributed by atoms with Gasteiger partial charge in [0.2, 0.25) is 0 Å². The average molecular weight is 748 g/mol. The number of rotatable bonds is 9. The van der Waals surface area contributed by atoms with Crippen LogP contribution in [-0.4, -0.2) is 9.58 Å². The normalized spacial score (nSPS) is 17.5. The maximum absolute atomic E-state index is 2.61. The molecule has 2 heterocycles. The van der Waals surface area contributed by atoms with E-state index < -0.39 is 5.41 Å². The Morgan fingerprint density at radius 1 is 0.534 bits per heavy atom. The maximum atomic E-state index is 2.61. The summed E-state index contributed by atoms with van der Waals surface area (Å²) in [6.07, 6.45) is 1.23. The molecule has 4 unspecified atom stereocenters. The summed E-state index contributed by atoms with van der Waals surface area (Å²) in [5.41, 5.74) is 14.8. The number of aromatic nitrogens is 1. The average Bonchev–Trinajstić information content (AvgIpc) is 3.82. The molecule has 1 aliphatic heterocycles. The molecular formula is C55H45N3. The van der Waals surface area contributed by atoms with Crippen LogP contribution in [0.5, 0.6) is 0 Å². The zero-order chi connectivity index (χ0) is 38.8. The molecule has 0 saturated carbocycles. The fourth-order valence-electron chi connectivity index (χ4n) is 10.3. The number of para-hydroxylation sites is 1. The summed E-state index contributed by atoms with van der Waals surface area (Å²) in [6, 6.07) is 76.6. The molecule has 4 atom stereocenters. The first-order valence-electron chi connectivity index (χ1n) is 20.8. The molecule has 0 N–H and O–H groups in total. The summed E-state index contributed by atoms with van der Waals surface area (Å²) >= 11 is 0. The highest BCUT2D eigenvalue weighted by atomic mass is 15.9. The highest BCUT2D eigenvalue weighted by Crippen LogP contribution is 2.59. The molecule has 1 saturated heterocycles. The van der Waals surface area contributed by atoms with Gasteiger partial charge in [0.25, 0.3) is 0 Å². The van der Waals surface area contributed by atoms with E-state index in [1.165, 1.54) is 72.0 Å². The molecule has 1 fully saturated rings. The first-order valence-corrected chi connectivity index (χ1v) is 20.8. The standard InChI is InChI=1S/C55H45N3/c1-3-38(2)53(39-21-8-4-9-22-39)58-54(40-23-10-5-11-24-40)57(58)44-30-20-29-43(37-44)56-49-34-19-17-32-46(49)52-50(56)36-35-48-51(52)45-31-16-18-33-47(45)55(48,41-25-12-6-13-26-41)42-27-14-7-15-28-42/h4-38,53-54H,3H2,1-2H3. The first-order chi connectivity index (χ1) is 28.7. The third-order valence-electron chi connectivity index (χ3n) is 13.0. The minimum atomic E-state index is -0.453. The van der Waals surface area contributed by atoms with Crippen LogP contribution in [0.2, 0.25) is 0 Å². The van der Waals surface area contributed by atoms with E-state index in [4.69, 9.17) is 0 Å². The summed E-state index contributed by atoms with van der Waals surface area (Å²) in [5.74, 6) is 0.461. The van der Waals surface area contributed by atoms with E-state index in [0.717, 1.165) is 12.1 Å². The lowest BCUT2D eigenvalue weighted by Crippen LogP contribution is -2.28. The Hall–Kier alpha value is -6.68. The molecule has 0 bridgehead atoms. The molecule has 0 radical (unpaired) electrons. The van der Waals surface area contributed by atoms with Crippen molar-refractivity contribution in [2.45, 2.75) is 37.9 Å². The van der Waals surface area contributed by atoms with Crippen molar-refractivity contribution >= 4 is 27.5 Å². The number of nitrogens with zero attached hydrogens (tertiary/aromatic N) is 3. The van der Waals surface area contributed by atoms with Crippen LogP contribution in [-0.2, 0) is 5.41 Å². The molecule has 0 spiro atoms. The Kier molecular flexibility index (Phi) is 8.20. The van der Waals surface area contributed by atoms with Crippen molar-refractivity contribution in [1.82, 2.24) is 9.58 Å². The molecular weight excluding hydrogens is 703 g/mol. The van der Waals surface area contributed by atoms with Crippen molar-refractivity contribution in [3.8, 4) is 16.8 Å². The molecule has 58 heavy (non-hydrogen) atoms. The van der Waals surface area contributed by atoms with Crippen LogP contribution in [0.3, 0.4) is 0 Å². The second-order valence-corrected chi connectivity index (χ2v) is 16.0. The van der Waals surface area contributed by atoms with Crippen LogP contribution >= 0.6 is 0 Å². The van der Waals surface area contributed by atoms with Crippen LogP contribution in [0.15, 0.2) is 206 Å². The minimum absolute atomic E-state index is 0.137. The third kappa shape index (κ3) is 5.10. The van der Waals surface area contributed by atoms with Gasteiger partial charge in [-0.3, -0.25) is 5.01 Å². The number of benzene rings is 8. The van der Waals surface area contributed by atoms with Crippen molar-refractivity contribution in [2.75, 3.05) is 5.01 Å². The van der Waals surface area contributed by atoms with Gasteiger partial charge in [-0.15, -0.1) is 0 Å². The SMILES string of the molecule is CCC(C)C(c1ccccc1)N1C(c2ccccc2)N1c1cccc(-n2c3ccccc3c3c4c(ccc32)C(c2ccccc2)(c2ccccc2)c2ccccc2-4)c1. The molecule has 1 aliphatic carbocycles. The van der Waals surface area contributed by atoms with Gasteiger partial charge in [-0.2, -0.15) is 5.01 Å². The fraction of sp³-hybridized carbons (Fsp3) is 0.127. The molecule has 2 aliphatic rings. The number of hydrogen-bond acceptors (Lipinski definition) is 2. The first kappa shape index (κ1) is 34.6. The van der Waals surface area contributed by atoms with Crippen LogP contribution in [0, 0.1) is 5.92 Å². The van der Waals surface area contributed by atoms with Gasteiger partial charge in [-0.1, -0.05) is 196 Å². The number of hydrogen-bond donors (Lipinski definition) is 0. The van der Waals surface area contributed by atoms with Crippen LogP contribution < -0.4 is 5.01 Å². The zero-order valence-electron chi connectivity index (χ0n) is 32.9. The van der Waals surface area contributed by atoms with Gasteiger partial charge < -0.3 is 4.57 Å². The summed E-state index contributed by atoms with van der Waals surface area (Å²) < 4.78 is 2.50. The summed E-state index contributed by atoms with van der Waals surface area (Å²) in [7, 11) is 0. The monoisotopic (exact) mass is 747 g/mol. The molecule has 3 heteroatoms. The van der Waals surface area contributed by atoms with E-state index in [1.54, 1.807) is 0 Å². The summed E-state index contributed by atoms with van der Waals surface area (Å²) in [6.45, 7) is 4.71. The molecule has 1 aromatic heterocycles. The van der Waals surface area contributed by atoms with Gasteiger partial charge in [-0.05, 0) is 80.8 Å². The zero-order valence-corrected chi connectivity index (χ0v) is 32.9. The molecule has 3 nitrogen and oxygen atoms in total. The Balaban J connectivity index is 1.12. The van der Waals surface area contributed by atoms with Gasteiger partial charge in [-0.25, -0.2) is 0 Å². The van der Waals surface area contributed by atoms with Crippen LogP contribution in [0.1, 0.15) is 65.9 Å². The second-order valence-electron chi connectivity index (χ2n) is 16.0. The third-order valence-corrected chi connectivity index (χ3v) is 13.0. The molecule has 11 rings (SSSR count). The Labute approximate surface area is 341 Å². The van der Waals surface area contributed by atoms with E-state index in [2.05, 4.69) is 235 Å². The summed E-state index contributed by atoms with van der Waals surface area (Å²) in [5, 5.41) is 7.71. The van der Waals surface area contributed by atoms with E-state index >= 15 is 0 Å². The van der Waals surface area contributed by atoms with E-state index in [9.17, 15) is 0 Å². The van der Waals surface area contributed by atoms with Gasteiger partial charge in [0.15, 0.2) is 0 Å². The minimum Gasteiger partial charge on any atom is -0.309 e. The van der Waals surface area contributed by atoms with Gasteiger partial charge in [0, 0.05) is 16.5 Å². The topological polar surface area (TPSA) is 10.9 Å². The Morgan fingerprint density at radius 2 is 1.14 bits per heavy atom. The smallest absolute Gasteiger partial charge is 0.141 e. The van der Waals surface area contributed by atoms with Crippen molar-refractivity contribution in [2.24, 2.45) is 5.92 Å². The summed E-state index contributed by atoms with van der Waals surface area (Å²) in [4.78, 5) is 0. The predicted molar refractivity (Wildman–Crippen MR) is 240 cm³/mol. The Morgan fingerprint density at radius 3 is 1.84 bits per heavy atom. The van der Waals surface area contributed by atoms with E-state index in [1.807, 2.05) is 0 Å². The van der Waals surface area contributed by atoms with Crippen LogP contribution in [0.25, 0.3) is 38.6 Å². The van der Waals surface area contributed by atoms with Gasteiger partial charge >= 0.3 is 0 Å². The maximum Gasteiger partial charge on any atom is 0.141 e. The molecule has 9 aromatic rings. The van der Waals surface area contributed by atoms with Gasteiger partial charge in [0.05, 0.1) is 28.2 Å². The quantitative estimate of drug-likeness (QED) is 0.136. The lowest BCUT2D eigenvalue weighted by Gasteiger charge is -2.33. The van der Waals surface area contributed by atoms with Gasteiger partial charge in [0.1, 0.15) is 6.17 Å². The highest BCUT2D eigenvalue weighted by Gasteiger charge is 2.52. The van der Waals surface area contributed by atoms with E-state index in [-0.39, 0.29) is 12.2 Å². The van der Waals surface area contributed by atoms with Crippen molar-refractivity contribution in [1.29, 1.82) is 0 Å². The lowest BCUT2D eigenvalue weighted by atomic mass is 9.67. The van der Waals surface area contributed by atoms with Crippen molar-refractivity contribution in [3.63, 3.8) is 0 Å². The second kappa shape index (κ2) is 13.8. The number of hydrazine groups is 1. The molecule has 280 valence electrons. The Bertz CT molecular complexity index is 2880. The van der Waals surface area contributed by atoms with Crippen molar-refractivity contribution < 1.29 is 0 Å². The largest absolute Gasteiger partial charge is 0.309 e. The number of fused-ring (bicyclic) bond motifs is 7. The van der Waals surface area contributed by atoms with Crippen molar-refractivity contribution in [3.05, 3.63) is 240 Å². The highest BCUT2D eigenvalue weighted by molar-refractivity contribution is 6.18. The van der Waals surface area contributed by atoms with E-state index in [0.29, 0.717) is 5.92 Å².